The van der Waals surface area contributed by atoms with E-state index in [9.17, 15) is 4.79 Å². The van der Waals surface area contributed by atoms with Crippen molar-refractivity contribution in [3.63, 3.8) is 0 Å². The molecule has 0 saturated heterocycles. The molecule has 4 aromatic rings. The van der Waals surface area contributed by atoms with Gasteiger partial charge in [-0.3, -0.25) is 9.36 Å². The second kappa shape index (κ2) is 10.8. The van der Waals surface area contributed by atoms with Gasteiger partial charge in [0, 0.05) is 16.3 Å². The highest BCUT2D eigenvalue weighted by atomic mass is 35.5. The maximum Gasteiger partial charge on any atom is 0.251 e. The van der Waals surface area contributed by atoms with Gasteiger partial charge in [0.25, 0.3) is 5.91 Å². The van der Waals surface area contributed by atoms with Gasteiger partial charge in [0.2, 0.25) is 0 Å². The lowest BCUT2D eigenvalue weighted by atomic mass is 10.1. The lowest BCUT2D eigenvalue weighted by Crippen LogP contribution is -2.28. The van der Waals surface area contributed by atoms with Crippen LogP contribution in [-0.2, 0) is 5.75 Å². The maximum absolute atomic E-state index is 12.8. The molecule has 34 heavy (non-hydrogen) atoms. The molecule has 1 N–H and O–H groups in total. The van der Waals surface area contributed by atoms with Crippen LogP contribution in [0.4, 0.5) is 0 Å². The number of rotatable bonds is 8. The zero-order valence-electron chi connectivity index (χ0n) is 19.2. The largest absolute Gasteiger partial charge is 0.497 e. The Morgan fingerprint density at radius 1 is 1.09 bits per heavy atom. The Balaban J connectivity index is 1.66. The fourth-order valence-corrected chi connectivity index (χ4v) is 4.61. The van der Waals surface area contributed by atoms with Crippen LogP contribution in [-0.4, -0.2) is 27.8 Å². The fourth-order valence-electron chi connectivity index (χ4n) is 3.55. The summed E-state index contributed by atoms with van der Waals surface area (Å²) in [4.78, 5) is 12.8. The number of ether oxygens (including phenoxy) is 1. The van der Waals surface area contributed by atoms with E-state index in [1.807, 2.05) is 79.1 Å². The highest BCUT2D eigenvalue weighted by Crippen LogP contribution is 2.31. The van der Waals surface area contributed by atoms with E-state index in [1.165, 1.54) is 0 Å². The first-order valence-corrected chi connectivity index (χ1v) is 12.2. The molecule has 1 heterocycles. The molecule has 174 valence electrons. The number of hydrogen-bond donors (Lipinski definition) is 1. The van der Waals surface area contributed by atoms with Gasteiger partial charge in [-0.15, -0.1) is 10.2 Å². The number of hydrogen-bond acceptors (Lipinski definition) is 5. The molecular weight excluding hydrogens is 468 g/mol. The van der Waals surface area contributed by atoms with E-state index in [1.54, 1.807) is 31.0 Å². The number of aryl methyl sites for hydroxylation is 1. The van der Waals surface area contributed by atoms with Crippen LogP contribution in [0, 0.1) is 6.92 Å². The molecule has 6 nitrogen and oxygen atoms in total. The second-order valence-corrected chi connectivity index (χ2v) is 9.19. The number of nitrogens with zero attached hydrogens (tertiary/aromatic N) is 3. The van der Waals surface area contributed by atoms with Crippen molar-refractivity contribution in [2.24, 2.45) is 0 Å². The van der Waals surface area contributed by atoms with Crippen LogP contribution in [0.25, 0.3) is 5.69 Å². The van der Waals surface area contributed by atoms with Crippen LogP contribution in [0.1, 0.15) is 40.3 Å². The standard InChI is InChI=1S/C26H25ClN4O2S/c1-17-12-13-21(27)15-23(17)31-24(18(2)28-25(32)20-9-5-4-6-10-20)29-30-26(31)34-16-19-8-7-11-22(14-19)33-3/h4-15,18H,16H2,1-3H3,(H,28,32). The number of methoxy groups -OCH3 is 1. The van der Waals surface area contributed by atoms with Crippen molar-refractivity contribution >= 4 is 29.3 Å². The molecule has 0 aliphatic rings. The lowest BCUT2D eigenvalue weighted by Gasteiger charge is -2.18. The van der Waals surface area contributed by atoms with Crippen LogP contribution in [0.5, 0.6) is 5.75 Å². The third-order valence-corrected chi connectivity index (χ3v) is 6.58. The smallest absolute Gasteiger partial charge is 0.251 e. The minimum Gasteiger partial charge on any atom is -0.497 e. The van der Waals surface area contributed by atoms with Crippen molar-refractivity contribution in [2.75, 3.05) is 7.11 Å². The number of carbonyl (C=O) groups is 1. The van der Waals surface area contributed by atoms with E-state index in [0.717, 1.165) is 22.6 Å². The predicted molar refractivity (Wildman–Crippen MR) is 136 cm³/mol. The van der Waals surface area contributed by atoms with Gasteiger partial charge in [-0.2, -0.15) is 0 Å². The predicted octanol–water partition coefficient (Wildman–Crippen LogP) is 6.02. The summed E-state index contributed by atoms with van der Waals surface area (Å²) in [5.41, 5.74) is 3.59. The number of aromatic nitrogens is 3. The molecule has 0 saturated carbocycles. The summed E-state index contributed by atoms with van der Waals surface area (Å²) in [6.07, 6.45) is 0. The van der Waals surface area contributed by atoms with E-state index < -0.39 is 0 Å². The molecule has 1 atom stereocenters. The van der Waals surface area contributed by atoms with Gasteiger partial charge in [0.15, 0.2) is 11.0 Å². The SMILES string of the molecule is COc1cccc(CSc2nnc(C(C)NC(=O)c3ccccc3)n2-c2cc(Cl)ccc2C)c1. The van der Waals surface area contributed by atoms with E-state index >= 15 is 0 Å². The zero-order chi connectivity index (χ0) is 24.1. The normalized spacial score (nSPS) is 11.8. The summed E-state index contributed by atoms with van der Waals surface area (Å²) in [6, 6.07) is 22.4. The third-order valence-electron chi connectivity index (χ3n) is 5.34. The number of carbonyl (C=O) groups excluding carboxylic acids is 1. The van der Waals surface area contributed by atoms with Gasteiger partial charge < -0.3 is 10.1 Å². The van der Waals surface area contributed by atoms with Crippen molar-refractivity contribution in [3.8, 4) is 11.4 Å². The number of nitrogens with one attached hydrogen (secondary N) is 1. The second-order valence-electron chi connectivity index (χ2n) is 7.81. The first-order chi connectivity index (χ1) is 16.5. The Kier molecular flexibility index (Phi) is 7.55. The first-order valence-electron chi connectivity index (χ1n) is 10.8. The van der Waals surface area contributed by atoms with E-state index in [-0.39, 0.29) is 11.9 Å². The molecule has 0 bridgehead atoms. The van der Waals surface area contributed by atoms with Gasteiger partial charge >= 0.3 is 0 Å². The van der Waals surface area contributed by atoms with Gasteiger partial charge in [0.05, 0.1) is 18.8 Å². The maximum atomic E-state index is 12.8. The van der Waals surface area contributed by atoms with Gasteiger partial charge in [-0.25, -0.2) is 0 Å². The summed E-state index contributed by atoms with van der Waals surface area (Å²) < 4.78 is 7.31. The Hall–Kier alpha value is -3.29. The average molecular weight is 493 g/mol. The summed E-state index contributed by atoms with van der Waals surface area (Å²) in [7, 11) is 1.65. The van der Waals surface area contributed by atoms with Crippen molar-refractivity contribution in [3.05, 3.63) is 100 Å². The molecular formula is C26H25ClN4O2S. The molecule has 1 unspecified atom stereocenters. The highest BCUT2D eigenvalue weighted by Gasteiger charge is 2.22. The number of benzene rings is 3. The van der Waals surface area contributed by atoms with E-state index in [2.05, 4.69) is 15.5 Å². The summed E-state index contributed by atoms with van der Waals surface area (Å²) >= 11 is 7.90. The molecule has 0 fully saturated rings. The van der Waals surface area contributed by atoms with Crippen LogP contribution in [0.15, 0.2) is 78.0 Å². The summed E-state index contributed by atoms with van der Waals surface area (Å²) in [6.45, 7) is 3.91. The lowest BCUT2D eigenvalue weighted by molar-refractivity contribution is 0.0938. The van der Waals surface area contributed by atoms with E-state index in [0.29, 0.717) is 27.3 Å². The molecule has 1 amide bonds. The van der Waals surface area contributed by atoms with Crippen LogP contribution in [0.2, 0.25) is 5.02 Å². The van der Waals surface area contributed by atoms with Crippen molar-refractivity contribution in [1.82, 2.24) is 20.1 Å². The topological polar surface area (TPSA) is 69.0 Å². The van der Waals surface area contributed by atoms with Crippen LogP contribution in [0.3, 0.4) is 0 Å². The molecule has 3 aromatic carbocycles. The molecule has 0 radical (unpaired) electrons. The van der Waals surface area contributed by atoms with Gasteiger partial charge in [-0.1, -0.05) is 59.8 Å². The number of amides is 1. The minimum absolute atomic E-state index is 0.170. The molecule has 1 aromatic heterocycles. The highest BCUT2D eigenvalue weighted by molar-refractivity contribution is 7.98. The van der Waals surface area contributed by atoms with E-state index in [4.69, 9.17) is 16.3 Å². The van der Waals surface area contributed by atoms with Crippen LogP contribution >= 0.6 is 23.4 Å². The van der Waals surface area contributed by atoms with Crippen molar-refractivity contribution in [2.45, 2.75) is 30.8 Å². The Morgan fingerprint density at radius 2 is 1.88 bits per heavy atom. The first kappa shape index (κ1) is 23.9. The Labute approximate surface area is 208 Å². The number of halogens is 1. The molecule has 4 rings (SSSR count). The average Bonchev–Trinajstić information content (AvgIpc) is 3.28. The Morgan fingerprint density at radius 3 is 2.65 bits per heavy atom. The number of thioether (sulfide) groups is 1. The fraction of sp³-hybridized carbons (Fsp3) is 0.192. The molecule has 0 aliphatic carbocycles. The quantitative estimate of drug-likeness (QED) is 0.304. The zero-order valence-corrected chi connectivity index (χ0v) is 20.7. The molecule has 0 aliphatic heterocycles. The third kappa shape index (κ3) is 5.43. The monoisotopic (exact) mass is 492 g/mol. The Bertz CT molecular complexity index is 1290. The molecule has 0 spiro atoms. The molecule has 8 heteroatoms. The minimum atomic E-state index is -0.384. The summed E-state index contributed by atoms with van der Waals surface area (Å²) in [5.74, 6) is 1.95. The summed E-state index contributed by atoms with van der Waals surface area (Å²) in [5, 5.41) is 13.3. The van der Waals surface area contributed by atoms with Crippen molar-refractivity contribution in [1.29, 1.82) is 0 Å². The van der Waals surface area contributed by atoms with Crippen molar-refractivity contribution < 1.29 is 9.53 Å². The van der Waals surface area contributed by atoms with Crippen LogP contribution < -0.4 is 10.1 Å². The van der Waals surface area contributed by atoms with Gasteiger partial charge in [-0.05, 0) is 61.4 Å². The van der Waals surface area contributed by atoms with Gasteiger partial charge in [0.1, 0.15) is 5.75 Å².